The summed E-state index contributed by atoms with van der Waals surface area (Å²) in [5.41, 5.74) is 1.63. The highest BCUT2D eigenvalue weighted by molar-refractivity contribution is 8.01. The molecule has 128 valence electrons. The third-order valence-corrected chi connectivity index (χ3v) is 5.73. The van der Waals surface area contributed by atoms with E-state index >= 15 is 0 Å². The lowest BCUT2D eigenvalue weighted by atomic mass is 10.2. The molecule has 1 aromatic heterocycles. The molecule has 0 bridgehead atoms. The number of carbonyl (C=O) groups is 2. The van der Waals surface area contributed by atoms with Gasteiger partial charge in [0.25, 0.3) is 0 Å². The van der Waals surface area contributed by atoms with Gasteiger partial charge in [0.1, 0.15) is 0 Å². The molecule has 3 rings (SSSR count). The van der Waals surface area contributed by atoms with Crippen LogP contribution in [0.25, 0.3) is 10.2 Å². The van der Waals surface area contributed by atoms with Gasteiger partial charge in [-0.1, -0.05) is 11.8 Å². The third-order valence-electron chi connectivity index (χ3n) is 3.57. The van der Waals surface area contributed by atoms with Gasteiger partial charge in [-0.25, -0.2) is 4.98 Å². The maximum atomic E-state index is 11.9. The first-order valence-electron chi connectivity index (χ1n) is 7.79. The van der Waals surface area contributed by atoms with Crippen LogP contribution >= 0.6 is 23.1 Å². The van der Waals surface area contributed by atoms with Crippen LogP contribution in [0.5, 0.6) is 0 Å². The molecule has 0 unspecified atom stereocenters. The van der Waals surface area contributed by atoms with Crippen LogP contribution in [0.15, 0.2) is 22.5 Å². The lowest BCUT2D eigenvalue weighted by molar-refractivity contribution is -0.119. The van der Waals surface area contributed by atoms with Crippen LogP contribution in [-0.4, -0.2) is 41.8 Å². The number of carbonyl (C=O) groups excluding carboxylic acids is 2. The van der Waals surface area contributed by atoms with Crippen LogP contribution in [0.3, 0.4) is 0 Å². The molecule has 6 nitrogen and oxygen atoms in total. The SMILES string of the molecule is CC(=O)Nc1ccc2nc(SCC(=O)NC[C@@H]3CCCO3)sc2c1. The average Bonchev–Trinajstić information content (AvgIpc) is 3.19. The van der Waals surface area contributed by atoms with Crippen molar-refractivity contribution in [3.8, 4) is 0 Å². The van der Waals surface area contributed by atoms with Crippen LogP contribution in [-0.2, 0) is 14.3 Å². The highest BCUT2D eigenvalue weighted by atomic mass is 32.2. The van der Waals surface area contributed by atoms with Crippen LogP contribution in [0.4, 0.5) is 5.69 Å². The van der Waals surface area contributed by atoms with Crippen molar-refractivity contribution in [1.82, 2.24) is 10.3 Å². The van der Waals surface area contributed by atoms with Gasteiger partial charge in [0.2, 0.25) is 11.8 Å². The fourth-order valence-corrected chi connectivity index (χ4v) is 4.40. The van der Waals surface area contributed by atoms with Gasteiger partial charge in [0, 0.05) is 25.8 Å². The quantitative estimate of drug-likeness (QED) is 0.769. The van der Waals surface area contributed by atoms with E-state index < -0.39 is 0 Å². The third kappa shape index (κ3) is 4.68. The maximum absolute atomic E-state index is 11.9. The summed E-state index contributed by atoms with van der Waals surface area (Å²) in [6.45, 7) is 2.86. The number of ether oxygens (including phenoxy) is 1. The van der Waals surface area contributed by atoms with Gasteiger partial charge < -0.3 is 15.4 Å². The molecular weight excluding hydrogens is 346 g/mol. The summed E-state index contributed by atoms with van der Waals surface area (Å²) < 4.78 is 7.32. The molecule has 1 fully saturated rings. The van der Waals surface area contributed by atoms with E-state index in [9.17, 15) is 9.59 Å². The molecule has 0 aliphatic carbocycles. The molecule has 1 aliphatic rings. The normalized spacial score (nSPS) is 17.1. The molecule has 0 radical (unpaired) electrons. The molecule has 2 N–H and O–H groups in total. The predicted molar refractivity (Wildman–Crippen MR) is 96.6 cm³/mol. The molecule has 1 atom stereocenters. The molecule has 0 spiro atoms. The summed E-state index contributed by atoms with van der Waals surface area (Å²) in [7, 11) is 0. The lowest BCUT2D eigenvalue weighted by Crippen LogP contribution is -2.32. The molecule has 2 aromatic rings. The van der Waals surface area contributed by atoms with Crippen LogP contribution in [0, 0.1) is 0 Å². The Balaban J connectivity index is 1.52. The molecule has 8 heteroatoms. The van der Waals surface area contributed by atoms with E-state index in [0.717, 1.165) is 39.7 Å². The fraction of sp³-hybridized carbons (Fsp3) is 0.438. The molecule has 0 saturated carbocycles. The van der Waals surface area contributed by atoms with E-state index in [2.05, 4.69) is 15.6 Å². The van der Waals surface area contributed by atoms with E-state index in [1.807, 2.05) is 18.2 Å². The molecule has 24 heavy (non-hydrogen) atoms. The van der Waals surface area contributed by atoms with Crippen LogP contribution < -0.4 is 10.6 Å². The molecule has 1 aromatic carbocycles. The number of nitrogens with one attached hydrogen (secondary N) is 2. The Morgan fingerprint density at radius 1 is 1.46 bits per heavy atom. The van der Waals surface area contributed by atoms with Gasteiger partial charge in [0.05, 0.1) is 22.1 Å². The Hall–Kier alpha value is -1.64. The Morgan fingerprint density at radius 3 is 3.08 bits per heavy atom. The average molecular weight is 365 g/mol. The number of benzene rings is 1. The number of aromatic nitrogens is 1. The van der Waals surface area contributed by atoms with Gasteiger partial charge in [-0.2, -0.15) is 0 Å². The van der Waals surface area contributed by atoms with Gasteiger partial charge >= 0.3 is 0 Å². The smallest absolute Gasteiger partial charge is 0.230 e. The number of thiazole rings is 1. The Kier molecular flexibility index (Phi) is 5.70. The number of amides is 2. The van der Waals surface area contributed by atoms with Gasteiger partial charge in [0.15, 0.2) is 4.34 Å². The zero-order valence-electron chi connectivity index (χ0n) is 13.3. The first-order valence-corrected chi connectivity index (χ1v) is 9.59. The van der Waals surface area contributed by atoms with E-state index in [1.54, 1.807) is 0 Å². The van der Waals surface area contributed by atoms with Crippen molar-refractivity contribution in [1.29, 1.82) is 0 Å². The summed E-state index contributed by atoms with van der Waals surface area (Å²) in [6, 6.07) is 5.60. The fourth-order valence-electron chi connectivity index (χ4n) is 2.46. The largest absolute Gasteiger partial charge is 0.376 e. The minimum atomic E-state index is -0.101. The van der Waals surface area contributed by atoms with Gasteiger partial charge in [-0.3, -0.25) is 9.59 Å². The van der Waals surface area contributed by atoms with E-state index in [-0.39, 0.29) is 17.9 Å². The minimum Gasteiger partial charge on any atom is -0.376 e. The van der Waals surface area contributed by atoms with Crippen molar-refractivity contribution >= 4 is 50.8 Å². The maximum Gasteiger partial charge on any atom is 0.230 e. The molecule has 1 saturated heterocycles. The number of nitrogens with zero attached hydrogens (tertiary/aromatic N) is 1. The number of hydrogen-bond acceptors (Lipinski definition) is 6. The Morgan fingerprint density at radius 2 is 2.33 bits per heavy atom. The zero-order chi connectivity index (χ0) is 16.9. The van der Waals surface area contributed by atoms with Crippen molar-refractivity contribution in [2.24, 2.45) is 0 Å². The predicted octanol–water partition coefficient (Wildman–Crippen LogP) is 2.64. The first-order chi connectivity index (χ1) is 11.6. The number of thioether (sulfide) groups is 1. The summed E-state index contributed by atoms with van der Waals surface area (Å²) in [4.78, 5) is 27.5. The molecular formula is C16H19N3O3S2. The number of hydrogen-bond donors (Lipinski definition) is 2. The van der Waals surface area contributed by atoms with Crippen molar-refractivity contribution in [2.75, 3.05) is 24.2 Å². The van der Waals surface area contributed by atoms with Crippen molar-refractivity contribution in [3.05, 3.63) is 18.2 Å². The van der Waals surface area contributed by atoms with Crippen LogP contribution in [0.2, 0.25) is 0 Å². The molecule has 1 aliphatic heterocycles. The second-order valence-electron chi connectivity index (χ2n) is 5.57. The van der Waals surface area contributed by atoms with E-state index in [4.69, 9.17) is 4.74 Å². The zero-order valence-corrected chi connectivity index (χ0v) is 15.0. The van der Waals surface area contributed by atoms with Crippen molar-refractivity contribution < 1.29 is 14.3 Å². The topological polar surface area (TPSA) is 80.3 Å². The summed E-state index contributed by atoms with van der Waals surface area (Å²) in [6.07, 6.45) is 2.25. The molecule has 2 heterocycles. The van der Waals surface area contributed by atoms with E-state index in [0.29, 0.717) is 12.3 Å². The van der Waals surface area contributed by atoms with Gasteiger partial charge in [-0.05, 0) is 31.0 Å². The van der Waals surface area contributed by atoms with Crippen LogP contribution in [0.1, 0.15) is 19.8 Å². The Bertz CT molecular complexity index is 741. The minimum absolute atomic E-state index is 0.00584. The number of anilines is 1. The van der Waals surface area contributed by atoms with E-state index in [1.165, 1.54) is 30.0 Å². The number of fused-ring (bicyclic) bond motifs is 1. The Labute approximate surface area is 148 Å². The summed E-state index contributed by atoms with van der Waals surface area (Å²) in [5, 5.41) is 5.66. The van der Waals surface area contributed by atoms with Crippen molar-refractivity contribution in [2.45, 2.75) is 30.2 Å². The molecule has 2 amide bonds. The lowest BCUT2D eigenvalue weighted by Gasteiger charge is -2.09. The second-order valence-corrected chi connectivity index (χ2v) is 7.82. The highest BCUT2D eigenvalue weighted by Crippen LogP contribution is 2.31. The first kappa shape index (κ1) is 17.2. The highest BCUT2D eigenvalue weighted by Gasteiger charge is 2.16. The number of rotatable bonds is 6. The van der Waals surface area contributed by atoms with Gasteiger partial charge in [-0.15, -0.1) is 11.3 Å². The summed E-state index contributed by atoms with van der Waals surface area (Å²) in [5.74, 6) is 0.232. The monoisotopic (exact) mass is 365 g/mol. The standard InChI is InChI=1S/C16H19N3O3S2/c1-10(20)18-11-4-5-13-14(7-11)24-16(19-13)23-9-15(21)17-8-12-3-2-6-22-12/h4-5,7,12H,2-3,6,8-9H2,1H3,(H,17,21)(H,18,20)/t12-/m0/s1. The summed E-state index contributed by atoms with van der Waals surface area (Å²) >= 11 is 2.94. The second kappa shape index (κ2) is 7.96. The van der Waals surface area contributed by atoms with Crippen molar-refractivity contribution in [3.63, 3.8) is 0 Å².